The number of carbonyl (C=O) groups excluding carboxylic acids is 6. The number of allylic oxidation sites excluding steroid dienone is 4. The summed E-state index contributed by atoms with van der Waals surface area (Å²) >= 11 is 0. The van der Waals surface area contributed by atoms with Crippen molar-refractivity contribution >= 4 is 35.2 Å². The van der Waals surface area contributed by atoms with E-state index >= 15 is 9.59 Å². The fraction of sp³-hybridized carbons (Fsp3) is 0.469. The number of nitrogens with zero attached hydrogens (tertiary/aromatic N) is 1. The number of methoxy groups -OCH3 is 1. The van der Waals surface area contributed by atoms with Gasteiger partial charge in [0.25, 0.3) is 11.7 Å². The summed E-state index contributed by atoms with van der Waals surface area (Å²) in [4.78, 5) is 87.0. The van der Waals surface area contributed by atoms with Crippen molar-refractivity contribution < 1.29 is 62.7 Å². The second-order valence-corrected chi connectivity index (χ2v) is 17.3. The molecule has 342 valence electrons. The fourth-order valence-electron chi connectivity index (χ4n) is 8.93. The van der Waals surface area contributed by atoms with Crippen molar-refractivity contribution in [2.75, 3.05) is 20.2 Å². The van der Waals surface area contributed by atoms with Crippen LogP contribution in [0.1, 0.15) is 115 Å². The summed E-state index contributed by atoms with van der Waals surface area (Å²) in [5.41, 5.74) is -1.13. The molecule has 4 heterocycles. The largest absolute Gasteiger partial charge is 0.462 e. The van der Waals surface area contributed by atoms with E-state index in [0.717, 1.165) is 6.42 Å². The summed E-state index contributed by atoms with van der Waals surface area (Å²) in [5.74, 6) is -9.77. The lowest BCUT2D eigenvalue weighted by Gasteiger charge is -2.38. The van der Waals surface area contributed by atoms with Gasteiger partial charge >= 0.3 is 17.7 Å². The molecule has 0 spiro atoms. The molecule has 1 amide bonds. The second-order valence-electron chi connectivity index (χ2n) is 17.3. The topological polar surface area (TPSA) is 204 Å². The van der Waals surface area contributed by atoms with Crippen LogP contribution in [0.4, 0.5) is 0 Å². The van der Waals surface area contributed by atoms with Crippen LogP contribution in [-0.4, -0.2) is 101 Å². The van der Waals surface area contributed by atoms with E-state index < -0.39 is 94.6 Å². The summed E-state index contributed by atoms with van der Waals surface area (Å²) < 4.78 is 29.9. The summed E-state index contributed by atoms with van der Waals surface area (Å²) in [6.07, 6.45) is 5.67. The highest BCUT2D eigenvalue weighted by Crippen LogP contribution is 2.50. The maximum atomic E-state index is 15.2. The van der Waals surface area contributed by atoms with E-state index in [1.54, 1.807) is 62.9 Å². The van der Waals surface area contributed by atoms with Gasteiger partial charge in [0.15, 0.2) is 0 Å². The van der Waals surface area contributed by atoms with Crippen molar-refractivity contribution in [2.45, 2.75) is 105 Å². The summed E-state index contributed by atoms with van der Waals surface area (Å²) in [6, 6.07) is 8.01. The normalized spacial score (nSPS) is 31.0. The average Bonchev–Trinajstić information content (AvgIpc) is 3.54. The number of benzene rings is 2. The lowest BCUT2D eigenvalue weighted by molar-refractivity contribution is -0.160. The molecule has 15 nitrogen and oxygen atoms in total. The highest BCUT2D eigenvalue weighted by atomic mass is 16.7. The first-order valence-corrected chi connectivity index (χ1v) is 21.7. The molecule has 64 heavy (non-hydrogen) atoms. The summed E-state index contributed by atoms with van der Waals surface area (Å²) in [5, 5.41) is 25.7. The van der Waals surface area contributed by atoms with Crippen molar-refractivity contribution in [3.63, 3.8) is 0 Å². The van der Waals surface area contributed by atoms with Crippen LogP contribution in [0, 0.1) is 30.6 Å². The smallest absolute Gasteiger partial charge is 0.343 e. The van der Waals surface area contributed by atoms with Gasteiger partial charge in [-0.05, 0) is 51.3 Å². The molecule has 1 aliphatic carbocycles. The number of aliphatic hydroxyl groups is 2. The first-order valence-electron chi connectivity index (χ1n) is 21.7. The van der Waals surface area contributed by atoms with Crippen molar-refractivity contribution in [1.82, 2.24) is 10.2 Å². The number of rotatable bonds is 5. The number of hydrogen-bond donors (Lipinski definition) is 3. The Morgan fingerprint density at radius 1 is 0.859 bits per heavy atom. The molecule has 0 radical (unpaired) electrons. The van der Waals surface area contributed by atoms with Crippen LogP contribution in [0.2, 0.25) is 0 Å². The van der Waals surface area contributed by atoms with Crippen molar-refractivity contribution in [3.05, 3.63) is 106 Å². The minimum atomic E-state index is -2.13. The zero-order valence-electron chi connectivity index (χ0n) is 37.8. The van der Waals surface area contributed by atoms with Crippen molar-refractivity contribution in [2.24, 2.45) is 23.7 Å². The zero-order chi connectivity index (χ0) is 46.8. The molecule has 0 aromatic heterocycles. The van der Waals surface area contributed by atoms with Crippen LogP contribution in [-0.2, 0) is 23.8 Å². The lowest BCUT2D eigenvalue weighted by Crippen LogP contribution is -2.46. The third-order valence-corrected chi connectivity index (χ3v) is 12.8. The van der Waals surface area contributed by atoms with Gasteiger partial charge in [-0.3, -0.25) is 24.0 Å². The first-order chi connectivity index (χ1) is 30.3. The number of ketones is 3. The molecule has 3 N–H and O–H groups in total. The molecule has 5 aliphatic rings. The standard InChI is InChI=1S/C49H58N2O13/c1-25-17-16-18-26(2)47(58)50-37-38(51-22-14-11-15-23-51)42(56)34-35(41(37)55)44(63-48(59)32-19-12-10-13-20-32)30(6)45-36(34)46(57)49(8,64-45)61-24-21-33(60-9)27(3)43(62-31(7)52)29(5)40(54)28(4)39(25)53/h10,12-13,16-21,24-25,27-29,33,39-40,43,53-54H,11,14-15,22-23H2,1-9H3,(H,50,58)/b17-16+,24-21+,26-18-. The summed E-state index contributed by atoms with van der Waals surface area (Å²) in [6.45, 7) is 13.2. The second kappa shape index (κ2) is 19.5. The Balaban J connectivity index is 1.55. The number of aliphatic hydroxyl groups excluding tert-OH is 2. The number of likely N-dealkylation sites (tertiary alicyclic amines) is 1. The molecule has 9 atom stereocenters. The minimum absolute atomic E-state index is 0.0494. The zero-order valence-corrected chi connectivity index (χ0v) is 37.8. The molecule has 4 aliphatic heterocycles. The number of piperidine rings is 1. The van der Waals surface area contributed by atoms with Gasteiger partial charge in [0.2, 0.25) is 11.6 Å². The van der Waals surface area contributed by atoms with E-state index in [-0.39, 0.29) is 50.7 Å². The van der Waals surface area contributed by atoms with Crippen LogP contribution >= 0.6 is 0 Å². The lowest BCUT2D eigenvalue weighted by atomic mass is 9.78. The maximum Gasteiger partial charge on any atom is 0.343 e. The number of amides is 1. The number of esters is 2. The number of hydrogen-bond acceptors (Lipinski definition) is 14. The van der Waals surface area contributed by atoms with E-state index in [1.807, 2.05) is 0 Å². The fourth-order valence-corrected chi connectivity index (χ4v) is 8.93. The maximum absolute atomic E-state index is 15.2. The van der Waals surface area contributed by atoms with E-state index in [4.69, 9.17) is 23.7 Å². The van der Waals surface area contributed by atoms with Gasteiger partial charge in [-0.2, -0.15) is 0 Å². The Morgan fingerprint density at radius 3 is 2.17 bits per heavy atom. The van der Waals surface area contributed by atoms with Crippen molar-refractivity contribution in [1.29, 1.82) is 0 Å². The Morgan fingerprint density at radius 2 is 1.53 bits per heavy atom. The quantitative estimate of drug-likeness (QED) is 0.234. The van der Waals surface area contributed by atoms with Gasteiger partial charge in [-0.1, -0.05) is 64.1 Å². The van der Waals surface area contributed by atoms with Crippen LogP contribution in [0.25, 0.3) is 0 Å². The third kappa shape index (κ3) is 9.19. The van der Waals surface area contributed by atoms with Gasteiger partial charge in [-0.15, -0.1) is 0 Å². The highest BCUT2D eigenvalue weighted by Gasteiger charge is 2.53. The molecular weight excluding hydrogens is 825 g/mol. The molecule has 1 saturated heterocycles. The summed E-state index contributed by atoms with van der Waals surface area (Å²) in [7, 11) is 1.43. The molecule has 5 bridgehead atoms. The number of fused-ring (bicyclic) bond motifs is 14. The Hall–Kier alpha value is -5.90. The Labute approximate surface area is 373 Å². The number of carbonyl (C=O) groups is 6. The van der Waals surface area contributed by atoms with Gasteiger partial charge in [-0.25, -0.2) is 4.79 Å². The van der Waals surface area contributed by atoms with E-state index in [1.165, 1.54) is 65.4 Å². The molecule has 9 unspecified atom stereocenters. The molecular formula is C49H58N2O13. The van der Waals surface area contributed by atoms with Crippen LogP contribution in [0.3, 0.4) is 0 Å². The molecule has 1 fully saturated rings. The van der Waals surface area contributed by atoms with Crippen LogP contribution in [0.15, 0.2) is 77.9 Å². The number of nitrogens with one attached hydrogen (secondary N) is 1. The highest BCUT2D eigenvalue weighted by molar-refractivity contribution is 6.32. The van der Waals surface area contributed by atoms with Gasteiger partial charge < -0.3 is 44.1 Å². The van der Waals surface area contributed by atoms with Crippen molar-refractivity contribution in [3.8, 4) is 11.5 Å². The predicted octanol–water partition coefficient (Wildman–Crippen LogP) is 5.96. The van der Waals surface area contributed by atoms with E-state index in [9.17, 15) is 29.4 Å². The molecule has 15 heteroatoms. The minimum Gasteiger partial charge on any atom is -0.462 e. The Kier molecular flexibility index (Phi) is 14.5. The van der Waals surface area contributed by atoms with Crippen LogP contribution in [0.5, 0.6) is 11.5 Å². The third-order valence-electron chi connectivity index (χ3n) is 12.8. The first kappa shape index (κ1) is 47.6. The predicted molar refractivity (Wildman–Crippen MR) is 233 cm³/mol. The van der Waals surface area contributed by atoms with Crippen LogP contribution < -0.4 is 14.8 Å². The molecule has 7 rings (SSSR count). The SMILES string of the molecule is COC1/C=C/OC2(C)Oc3c(C)c(OC(=O)c4ccccc4)c4c(c3C2=O)C(=O)C(N2CCCCC2)=C(NC(=O)/C(C)=C\C=C\C(C)C(O)C(C)C(O)C(C)C(OC(C)=O)C1C)C4=O. The molecule has 2 aromatic rings. The number of Topliss-reactive ketones (excluding diaryl/α,β-unsaturated/α-hetero) is 3. The van der Waals surface area contributed by atoms with Gasteiger partial charge in [0, 0.05) is 68.9 Å². The van der Waals surface area contributed by atoms with E-state index in [2.05, 4.69) is 5.32 Å². The number of ether oxygens (including phenoxy) is 5. The van der Waals surface area contributed by atoms with Gasteiger partial charge in [0.05, 0.1) is 46.8 Å². The monoisotopic (exact) mass is 882 g/mol. The van der Waals surface area contributed by atoms with Gasteiger partial charge in [0.1, 0.15) is 29.0 Å². The molecule has 0 saturated carbocycles. The average molecular weight is 883 g/mol. The molecule has 2 aromatic carbocycles. The van der Waals surface area contributed by atoms with E-state index in [0.29, 0.717) is 25.9 Å². The Bertz CT molecular complexity index is 2320.